The molecule has 0 N–H and O–H groups in total. The van der Waals surface area contributed by atoms with Crippen LogP contribution in [0.3, 0.4) is 0 Å². The van der Waals surface area contributed by atoms with E-state index in [0.717, 1.165) is 25.0 Å². The maximum absolute atomic E-state index is 9.02. The minimum Gasteiger partial charge on any atom is -0.366 e. The zero-order valence-corrected chi connectivity index (χ0v) is 18.9. The van der Waals surface area contributed by atoms with Gasteiger partial charge < -0.3 is 4.74 Å². The summed E-state index contributed by atoms with van der Waals surface area (Å²) in [4.78, 5) is 0. The summed E-state index contributed by atoms with van der Waals surface area (Å²) in [5, 5.41) is 9.02. The van der Waals surface area contributed by atoms with Crippen molar-refractivity contribution in [3.63, 3.8) is 0 Å². The summed E-state index contributed by atoms with van der Waals surface area (Å²) in [5.41, 5.74) is 3.84. The number of unbranched alkanes of at least 4 members (excludes halogenated alkanes) is 7. The van der Waals surface area contributed by atoms with E-state index >= 15 is 0 Å². The van der Waals surface area contributed by atoms with Crippen molar-refractivity contribution in [1.29, 1.82) is 5.26 Å². The first-order chi connectivity index (χ1) is 15.3. The molecule has 0 aromatic heterocycles. The topological polar surface area (TPSA) is 33.0 Å². The number of nitriles is 1. The van der Waals surface area contributed by atoms with Crippen molar-refractivity contribution in [2.45, 2.75) is 70.3 Å². The van der Waals surface area contributed by atoms with Crippen LogP contribution in [0.5, 0.6) is 0 Å². The van der Waals surface area contributed by atoms with Gasteiger partial charge in [-0.3, -0.25) is 0 Å². The number of ether oxygens (including phenoxy) is 1. The molecule has 1 unspecified atom stereocenters. The van der Waals surface area contributed by atoms with E-state index in [1.165, 1.54) is 56.1 Å². The lowest BCUT2D eigenvalue weighted by molar-refractivity contribution is -0.0129. The van der Waals surface area contributed by atoms with E-state index in [1.807, 2.05) is 24.3 Å². The molecule has 0 aliphatic heterocycles. The van der Waals surface area contributed by atoms with E-state index in [1.54, 1.807) is 0 Å². The fourth-order valence-electron chi connectivity index (χ4n) is 4.19. The Morgan fingerprint density at radius 3 is 2.16 bits per heavy atom. The highest BCUT2D eigenvalue weighted by molar-refractivity contribution is 5.76. The van der Waals surface area contributed by atoms with Gasteiger partial charge >= 0.3 is 0 Å². The summed E-state index contributed by atoms with van der Waals surface area (Å²) in [6.07, 6.45) is 17.9. The molecule has 1 atom stereocenters. The number of allylic oxidation sites excluding steroid dienone is 2. The molecule has 2 aromatic carbocycles. The van der Waals surface area contributed by atoms with E-state index in [9.17, 15) is 0 Å². The molecule has 2 aromatic rings. The molecule has 31 heavy (non-hydrogen) atoms. The third kappa shape index (κ3) is 6.68. The van der Waals surface area contributed by atoms with Crippen LogP contribution in [0.2, 0.25) is 0 Å². The van der Waals surface area contributed by atoms with E-state index < -0.39 is 5.60 Å². The van der Waals surface area contributed by atoms with Gasteiger partial charge in [0.05, 0.1) is 11.6 Å². The van der Waals surface area contributed by atoms with Crippen LogP contribution >= 0.6 is 0 Å². The standard InChI is InChI=1S/C29H35NO/c1-2-3-4-5-6-7-8-12-23-31-29(28-13-10-9-11-14-28)21-19-27(20-22-29)26-17-15-25(24-30)16-18-26/h9-11,13-21H,2-8,12,22-23H2,1H3. The van der Waals surface area contributed by atoms with Gasteiger partial charge in [-0.2, -0.15) is 5.26 Å². The molecule has 0 heterocycles. The largest absolute Gasteiger partial charge is 0.366 e. The lowest BCUT2D eigenvalue weighted by atomic mass is 9.84. The van der Waals surface area contributed by atoms with Crippen LogP contribution < -0.4 is 0 Å². The monoisotopic (exact) mass is 413 g/mol. The summed E-state index contributed by atoms with van der Waals surface area (Å²) < 4.78 is 6.55. The number of rotatable bonds is 12. The second-order valence-corrected chi connectivity index (χ2v) is 8.46. The number of hydrogen-bond acceptors (Lipinski definition) is 2. The molecule has 0 bridgehead atoms. The Bertz CT molecular complexity index is 889. The van der Waals surface area contributed by atoms with Crippen LogP contribution in [0.4, 0.5) is 0 Å². The molecule has 0 saturated heterocycles. The second-order valence-electron chi connectivity index (χ2n) is 8.46. The highest BCUT2D eigenvalue weighted by Gasteiger charge is 2.31. The maximum Gasteiger partial charge on any atom is 0.115 e. The Labute approximate surface area is 188 Å². The van der Waals surface area contributed by atoms with Crippen LogP contribution in [0.15, 0.2) is 72.8 Å². The highest BCUT2D eigenvalue weighted by Crippen LogP contribution is 2.37. The quantitative estimate of drug-likeness (QED) is 0.331. The second kappa shape index (κ2) is 12.3. The first-order valence-corrected chi connectivity index (χ1v) is 11.9. The fourth-order valence-corrected chi connectivity index (χ4v) is 4.19. The van der Waals surface area contributed by atoms with Crippen molar-refractivity contribution in [2.24, 2.45) is 0 Å². The third-order valence-corrected chi connectivity index (χ3v) is 6.12. The van der Waals surface area contributed by atoms with Crippen molar-refractivity contribution in [1.82, 2.24) is 0 Å². The van der Waals surface area contributed by atoms with Crippen molar-refractivity contribution in [3.8, 4) is 6.07 Å². The summed E-state index contributed by atoms with van der Waals surface area (Å²) in [5.74, 6) is 0. The van der Waals surface area contributed by atoms with Crippen molar-refractivity contribution < 1.29 is 4.74 Å². The van der Waals surface area contributed by atoms with Crippen LogP contribution in [0.1, 0.15) is 81.4 Å². The molecule has 2 nitrogen and oxygen atoms in total. The number of benzene rings is 2. The predicted molar refractivity (Wildman–Crippen MR) is 130 cm³/mol. The van der Waals surface area contributed by atoms with Crippen molar-refractivity contribution >= 4 is 5.57 Å². The van der Waals surface area contributed by atoms with Gasteiger partial charge in [0.15, 0.2) is 0 Å². The van der Waals surface area contributed by atoms with Gasteiger partial charge in [0.1, 0.15) is 5.60 Å². The Morgan fingerprint density at radius 2 is 1.55 bits per heavy atom. The number of hydrogen-bond donors (Lipinski definition) is 0. The average Bonchev–Trinajstić information content (AvgIpc) is 2.84. The summed E-state index contributed by atoms with van der Waals surface area (Å²) in [6, 6.07) is 20.5. The van der Waals surface area contributed by atoms with Crippen LogP contribution in [-0.2, 0) is 10.3 Å². The first-order valence-electron chi connectivity index (χ1n) is 11.9. The molecule has 3 rings (SSSR count). The molecule has 0 radical (unpaired) electrons. The minimum atomic E-state index is -0.390. The minimum absolute atomic E-state index is 0.390. The molecule has 1 aliphatic rings. The van der Waals surface area contributed by atoms with Gasteiger partial charge in [0, 0.05) is 13.0 Å². The van der Waals surface area contributed by atoms with Gasteiger partial charge in [-0.05, 0) is 41.3 Å². The normalized spacial score (nSPS) is 17.9. The van der Waals surface area contributed by atoms with E-state index in [-0.39, 0.29) is 0 Å². The van der Waals surface area contributed by atoms with Crippen LogP contribution in [0, 0.1) is 11.3 Å². The van der Waals surface area contributed by atoms with Crippen molar-refractivity contribution in [3.05, 3.63) is 89.5 Å². The molecule has 162 valence electrons. The van der Waals surface area contributed by atoms with Crippen LogP contribution in [-0.4, -0.2) is 6.61 Å². The molecule has 2 heteroatoms. The molecule has 1 aliphatic carbocycles. The summed E-state index contributed by atoms with van der Waals surface area (Å²) in [7, 11) is 0. The van der Waals surface area contributed by atoms with E-state index in [4.69, 9.17) is 10.00 Å². The molecule has 0 amide bonds. The SMILES string of the molecule is CCCCCCCCCCOC1(c2ccccc2)C=CC(c2ccc(C#N)cc2)=CC1. The lowest BCUT2D eigenvalue weighted by Gasteiger charge is -2.33. The van der Waals surface area contributed by atoms with Gasteiger partial charge in [-0.25, -0.2) is 0 Å². The predicted octanol–water partition coefficient (Wildman–Crippen LogP) is 7.95. The lowest BCUT2D eigenvalue weighted by Crippen LogP contribution is -2.29. The highest BCUT2D eigenvalue weighted by atomic mass is 16.5. The molecular formula is C29H35NO. The van der Waals surface area contributed by atoms with E-state index in [2.05, 4.69) is 61.6 Å². The Morgan fingerprint density at radius 1 is 0.871 bits per heavy atom. The molecule has 0 saturated carbocycles. The van der Waals surface area contributed by atoms with Gasteiger partial charge in [-0.1, -0.05) is 106 Å². The summed E-state index contributed by atoms with van der Waals surface area (Å²) >= 11 is 0. The molecule has 0 fully saturated rings. The third-order valence-electron chi connectivity index (χ3n) is 6.12. The zero-order chi connectivity index (χ0) is 21.8. The van der Waals surface area contributed by atoms with E-state index in [0.29, 0.717) is 5.56 Å². The van der Waals surface area contributed by atoms with Gasteiger partial charge in [-0.15, -0.1) is 0 Å². The smallest absolute Gasteiger partial charge is 0.115 e. The van der Waals surface area contributed by atoms with Crippen LogP contribution in [0.25, 0.3) is 5.57 Å². The Hall–Kier alpha value is -2.63. The average molecular weight is 414 g/mol. The van der Waals surface area contributed by atoms with Gasteiger partial charge in [0.25, 0.3) is 0 Å². The maximum atomic E-state index is 9.02. The van der Waals surface area contributed by atoms with Gasteiger partial charge in [0.2, 0.25) is 0 Å². The Balaban J connectivity index is 1.58. The molecular weight excluding hydrogens is 378 g/mol. The number of nitrogens with zero attached hydrogens (tertiary/aromatic N) is 1. The Kier molecular flexibility index (Phi) is 9.13. The molecule has 0 spiro atoms. The van der Waals surface area contributed by atoms with Crippen molar-refractivity contribution in [2.75, 3.05) is 6.61 Å². The fraction of sp³-hybridized carbons (Fsp3) is 0.414. The summed E-state index contributed by atoms with van der Waals surface area (Å²) in [6.45, 7) is 3.05. The zero-order valence-electron chi connectivity index (χ0n) is 18.9. The first kappa shape index (κ1) is 23.0.